The summed E-state index contributed by atoms with van der Waals surface area (Å²) in [6, 6.07) is 3.84. The van der Waals surface area contributed by atoms with Crippen molar-refractivity contribution in [3.05, 3.63) is 29.3 Å². The number of carbonyl (C=O) groups excluding carboxylic acids is 1. The maximum absolute atomic E-state index is 12.1. The molecular weight excluding hydrogens is 282 g/mol. The van der Waals surface area contributed by atoms with E-state index >= 15 is 0 Å². The number of rotatable bonds is 6. The molecule has 0 aromatic heterocycles. The van der Waals surface area contributed by atoms with Crippen LogP contribution in [0.15, 0.2) is 23.1 Å². The van der Waals surface area contributed by atoms with Crippen molar-refractivity contribution in [1.29, 1.82) is 0 Å². The maximum atomic E-state index is 12.1. The van der Waals surface area contributed by atoms with Crippen molar-refractivity contribution in [2.24, 2.45) is 0 Å². The van der Waals surface area contributed by atoms with Gasteiger partial charge < -0.3 is 15.2 Å². The number of hydrogen-bond acceptors (Lipinski definition) is 5. The fraction of sp³-hybridized carbons (Fsp3) is 0.462. The lowest BCUT2D eigenvalue weighted by molar-refractivity contribution is 0.0839. The van der Waals surface area contributed by atoms with E-state index in [2.05, 4.69) is 5.32 Å². The largest absolute Gasteiger partial charge is 0.394 e. The molecule has 7 heteroatoms. The second-order valence-corrected chi connectivity index (χ2v) is 6.57. The van der Waals surface area contributed by atoms with Crippen LogP contribution in [0.4, 0.5) is 0 Å². The zero-order valence-corrected chi connectivity index (χ0v) is 12.5. The highest BCUT2D eigenvalue weighted by Gasteiger charge is 2.17. The molecule has 1 unspecified atom stereocenters. The van der Waals surface area contributed by atoms with Crippen LogP contribution < -0.4 is 5.32 Å². The Balaban J connectivity index is 3.03. The highest BCUT2D eigenvalue weighted by atomic mass is 32.2. The lowest BCUT2D eigenvalue weighted by Crippen LogP contribution is -2.40. The molecule has 0 aliphatic rings. The Hall–Kier alpha value is -1.44. The van der Waals surface area contributed by atoms with Crippen LogP contribution >= 0.6 is 0 Å². The Morgan fingerprint density at radius 2 is 2.10 bits per heavy atom. The summed E-state index contributed by atoms with van der Waals surface area (Å²) in [4.78, 5) is 12.2. The summed E-state index contributed by atoms with van der Waals surface area (Å²) in [7, 11) is -1.91. The van der Waals surface area contributed by atoms with Gasteiger partial charge in [-0.15, -0.1) is 0 Å². The van der Waals surface area contributed by atoms with Crippen LogP contribution in [-0.4, -0.2) is 52.1 Å². The van der Waals surface area contributed by atoms with Crippen molar-refractivity contribution in [1.82, 2.24) is 5.32 Å². The number of methoxy groups -OCH3 is 1. The van der Waals surface area contributed by atoms with Gasteiger partial charge in [0.15, 0.2) is 9.84 Å². The van der Waals surface area contributed by atoms with E-state index in [1.807, 2.05) is 0 Å². The van der Waals surface area contributed by atoms with Crippen LogP contribution in [0.25, 0.3) is 0 Å². The number of benzene rings is 1. The molecule has 0 aliphatic carbocycles. The van der Waals surface area contributed by atoms with Crippen LogP contribution in [0.3, 0.4) is 0 Å². The minimum atomic E-state index is -3.37. The molecule has 1 atom stereocenters. The first kappa shape index (κ1) is 16.6. The molecule has 0 spiro atoms. The van der Waals surface area contributed by atoms with E-state index in [1.165, 1.54) is 19.2 Å². The average molecular weight is 301 g/mol. The van der Waals surface area contributed by atoms with E-state index in [-0.39, 0.29) is 23.7 Å². The highest BCUT2D eigenvalue weighted by molar-refractivity contribution is 7.90. The molecule has 0 aliphatic heterocycles. The molecule has 1 aromatic rings. The van der Waals surface area contributed by atoms with Gasteiger partial charge in [-0.25, -0.2) is 8.42 Å². The van der Waals surface area contributed by atoms with Gasteiger partial charge in [-0.1, -0.05) is 6.07 Å². The molecule has 0 bridgehead atoms. The molecule has 6 nitrogen and oxygen atoms in total. The zero-order valence-electron chi connectivity index (χ0n) is 11.7. The third-order valence-corrected chi connectivity index (χ3v) is 3.92. The number of sulfone groups is 1. The van der Waals surface area contributed by atoms with Crippen molar-refractivity contribution in [3.8, 4) is 0 Å². The topological polar surface area (TPSA) is 92.7 Å². The fourth-order valence-corrected chi connectivity index (χ4v) is 2.33. The molecule has 0 fully saturated rings. The molecule has 20 heavy (non-hydrogen) atoms. The quantitative estimate of drug-likeness (QED) is 0.779. The summed E-state index contributed by atoms with van der Waals surface area (Å²) in [6.07, 6.45) is 1.08. The monoisotopic (exact) mass is 301 g/mol. The molecule has 0 saturated heterocycles. The second kappa shape index (κ2) is 6.83. The van der Waals surface area contributed by atoms with Gasteiger partial charge in [0, 0.05) is 18.9 Å². The molecule has 0 heterocycles. The van der Waals surface area contributed by atoms with Crippen LogP contribution in [0.2, 0.25) is 0 Å². The van der Waals surface area contributed by atoms with Gasteiger partial charge in [0.05, 0.1) is 24.2 Å². The fourth-order valence-electron chi connectivity index (χ4n) is 1.68. The number of aliphatic hydroxyl groups is 1. The first-order valence-electron chi connectivity index (χ1n) is 6.01. The standard InChI is InChI=1S/C13H19NO5S/c1-9-4-5-11(20(3,17)18)6-12(9)13(16)14-10(7-15)8-19-2/h4-6,10,15H,7-8H2,1-3H3,(H,14,16). The molecule has 1 rings (SSSR count). The van der Waals surface area contributed by atoms with Crippen LogP contribution in [0.5, 0.6) is 0 Å². The van der Waals surface area contributed by atoms with E-state index in [0.29, 0.717) is 5.56 Å². The summed E-state index contributed by atoms with van der Waals surface area (Å²) in [5, 5.41) is 11.7. The summed E-state index contributed by atoms with van der Waals surface area (Å²) in [5.74, 6) is -0.441. The van der Waals surface area contributed by atoms with Gasteiger partial charge in [-0.3, -0.25) is 4.79 Å². The first-order chi connectivity index (χ1) is 9.29. The number of ether oxygens (including phenoxy) is 1. The number of amides is 1. The van der Waals surface area contributed by atoms with Gasteiger partial charge in [-0.2, -0.15) is 0 Å². The van der Waals surface area contributed by atoms with Crippen molar-refractivity contribution in [3.63, 3.8) is 0 Å². The van der Waals surface area contributed by atoms with E-state index in [4.69, 9.17) is 9.84 Å². The molecular formula is C13H19NO5S. The molecule has 0 radical (unpaired) electrons. The summed E-state index contributed by atoms with van der Waals surface area (Å²) in [6.45, 7) is 1.63. The zero-order chi connectivity index (χ0) is 15.3. The van der Waals surface area contributed by atoms with Gasteiger partial charge in [-0.05, 0) is 24.6 Å². The average Bonchev–Trinajstić information content (AvgIpc) is 2.37. The predicted molar refractivity (Wildman–Crippen MR) is 74.5 cm³/mol. The SMILES string of the molecule is COCC(CO)NC(=O)c1cc(S(C)(=O)=O)ccc1C. The Labute approximate surface area is 118 Å². The predicted octanol–water partition coefficient (Wildman–Crippen LogP) is 0.136. The van der Waals surface area contributed by atoms with Crippen LogP contribution in [0.1, 0.15) is 15.9 Å². The number of aliphatic hydroxyl groups excluding tert-OH is 1. The minimum Gasteiger partial charge on any atom is -0.394 e. The lowest BCUT2D eigenvalue weighted by Gasteiger charge is -2.16. The Bertz CT molecular complexity index is 582. The van der Waals surface area contributed by atoms with Gasteiger partial charge in [0.1, 0.15) is 0 Å². The Morgan fingerprint density at radius 3 is 2.60 bits per heavy atom. The number of aryl methyl sites for hydroxylation is 1. The Morgan fingerprint density at radius 1 is 1.45 bits per heavy atom. The van der Waals surface area contributed by atoms with Crippen LogP contribution in [-0.2, 0) is 14.6 Å². The summed E-state index contributed by atoms with van der Waals surface area (Å²) in [5.41, 5.74) is 0.923. The number of hydrogen-bond donors (Lipinski definition) is 2. The summed E-state index contributed by atoms with van der Waals surface area (Å²) >= 11 is 0. The molecule has 2 N–H and O–H groups in total. The smallest absolute Gasteiger partial charge is 0.251 e. The third kappa shape index (κ3) is 4.29. The Kier molecular flexibility index (Phi) is 5.67. The van der Waals surface area contributed by atoms with Crippen molar-refractivity contribution >= 4 is 15.7 Å². The van der Waals surface area contributed by atoms with E-state index in [0.717, 1.165) is 6.26 Å². The lowest BCUT2D eigenvalue weighted by atomic mass is 10.1. The minimum absolute atomic E-state index is 0.0838. The first-order valence-corrected chi connectivity index (χ1v) is 7.90. The van der Waals surface area contributed by atoms with Gasteiger partial charge >= 0.3 is 0 Å². The van der Waals surface area contributed by atoms with Crippen molar-refractivity contribution in [2.45, 2.75) is 17.9 Å². The molecule has 1 amide bonds. The highest BCUT2D eigenvalue weighted by Crippen LogP contribution is 2.15. The molecule has 0 saturated carbocycles. The van der Waals surface area contributed by atoms with Gasteiger partial charge in [0.2, 0.25) is 0 Å². The number of nitrogens with one attached hydrogen (secondary N) is 1. The molecule has 112 valence electrons. The van der Waals surface area contributed by atoms with E-state index in [9.17, 15) is 13.2 Å². The normalized spacial score (nSPS) is 13.0. The van der Waals surface area contributed by atoms with E-state index in [1.54, 1.807) is 13.0 Å². The molecule has 1 aromatic carbocycles. The van der Waals surface area contributed by atoms with E-state index < -0.39 is 21.8 Å². The van der Waals surface area contributed by atoms with Crippen molar-refractivity contribution in [2.75, 3.05) is 26.6 Å². The summed E-state index contributed by atoms with van der Waals surface area (Å²) < 4.78 is 27.9. The second-order valence-electron chi connectivity index (χ2n) is 4.56. The third-order valence-electron chi connectivity index (χ3n) is 2.81. The van der Waals surface area contributed by atoms with Crippen molar-refractivity contribution < 1.29 is 23.1 Å². The maximum Gasteiger partial charge on any atom is 0.251 e. The van der Waals surface area contributed by atoms with Crippen LogP contribution in [0, 0.1) is 6.92 Å². The number of carbonyl (C=O) groups is 1. The van der Waals surface area contributed by atoms with Gasteiger partial charge in [0.25, 0.3) is 5.91 Å².